The number of hydrogen-bond donors (Lipinski definition) is 2. The Balaban J connectivity index is 1.54. The van der Waals surface area contributed by atoms with Gasteiger partial charge in [-0.05, 0) is 29.3 Å². The van der Waals surface area contributed by atoms with Crippen molar-refractivity contribution in [3.8, 4) is 5.75 Å². The molecule has 6 nitrogen and oxygen atoms in total. The number of amides is 1. The van der Waals surface area contributed by atoms with Gasteiger partial charge in [0.1, 0.15) is 5.75 Å². The van der Waals surface area contributed by atoms with Crippen LogP contribution in [-0.4, -0.2) is 62.3 Å². The number of benzene rings is 2. The number of fused-ring (bicyclic) bond motifs is 1. The molecular formula is C23H27N3O3. The lowest BCUT2D eigenvalue weighted by molar-refractivity contribution is -0.123. The number of para-hydroxylation sites is 1. The number of morpholine rings is 1. The summed E-state index contributed by atoms with van der Waals surface area (Å²) in [6.07, 6.45) is 2.05. The Morgan fingerprint density at radius 2 is 1.93 bits per heavy atom. The van der Waals surface area contributed by atoms with E-state index in [0.29, 0.717) is 26.3 Å². The Bertz CT molecular complexity index is 945. The average Bonchev–Trinajstić information content (AvgIpc) is 3.19. The van der Waals surface area contributed by atoms with E-state index in [4.69, 9.17) is 9.47 Å². The van der Waals surface area contributed by atoms with Crippen LogP contribution in [0.5, 0.6) is 5.75 Å². The predicted octanol–water partition coefficient (Wildman–Crippen LogP) is 2.76. The first-order valence-corrected chi connectivity index (χ1v) is 10.0. The van der Waals surface area contributed by atoms with Gasteiger partial charge in [0.15, 0.2) is 0 Å². The molecule has 0 radical (unpaired) electrons. The first kappa shape index (κ1) is 19.5. The summed E-state index contributed by atoms with van der Waals surface area (Å²) < 4.78 is 10.7. The minimum absolute atomic E-state index is 0.0465. The molecule has 152 valence electrons. The predicted molar refractivity (Wildman–Crippen MR) is 113 cm³/mol. The second kappa shape index (κ2) is 9.11. The SMILES string of the molecule is COc1ccc([C@@H](CNC(=O)CN2CCOCC2)c2c[nH]c3ccccc23)cc1. The highest BCUT2D eigenvalue weighted by molar-refractivity contribution is 5.84. The Hall–Kier alpha value is -2.83. The van der Waals surface area contributed by atoms with Gasteiger partial charge in [0, 0.05) is 42.7 Å². The number of rotatable bonds is 7. The van der Waals surface area contributed by atoms with E-state index in [1.807, 2.05) is 30.5 Å². The lowest BCUT2D eigenvalue weighted by atomic mass is 9.90. The minimum Gasteiger partial charge on any atom is -0.497 e. The van der Waals surface area contributed by atoms with Gasteiger partial charge in [0.2, 0.25) is 5.91 Å². The fraction of sp³-hybridized carbons (Fsp3) is 0.348. The second-order valence-electron chi connectivity index (χ2n) is 7.31. The number of hydrogen-bond acceptors (Lipinski definition) is 4. The topological polar surface area (TPSA) is 66.6 Å². The highest BCUT2D eigenvalue weighted by Crippen LogP contribution is 2.31. The maximum absolute atomic E-state index is 12.6. The maximum atomic E-state index is 12.6. The van der Waals surface area contributed by atoms with Crippen LogP contribution in [0.3, 0.4) is 0 Å². The summed E-state index contributed by atoms with van der Waals surface area (Å²) in [6, 6.07) is 16.3. The second-order valence-corrected chi connectivity index (χ2v) is 7.31. The summed E-state index contributed by atoms with van der Waals surface area (Å²) in [6.45, 7) is 3.94. The monoisotopic (exact) mass is 393 g/mol. The standard InChI is InChI=1S/C23H27N3O3/c1-28-18-8-6-17(7-9-18)20(21-15-24-22-5-3-2-4-19(21)22)14-25-23(27)16-26-10-12-29-13-11-26/h2-9,15,20,24H,10-14,16H2,1H3,(H,25,27)/t20-/m1/s1. The molecule has 0 aliphatic carbocycles. The number of methoxy groups -OCH3 is 1. The van der Waals surface area contributed by atoms with Crippen LogP contribution >= 0.6 is 0 Å². The van der Waals surface area contributed by atoms with Gasteiger partial charge in [0.25, 0.3) is 0 Å². The van der Waals surface area contributed by atoms with Crippen LogP contribution < -0.4 is 10.1 Å². The molecular weight excluding hydrogens is 366 g/mol. The molecule has 2 aromatic carbocycles. The fourth-order valence-corrected chi connectivity index (χ4v) is 3.86. The van der Waals surface area contributed by atoms with E-state index in [0.717, 1.165) is 29.9 Å². The zero-order valence-electron chi connectivity index (χ0n) is 16.7. The number of H-pyrrole nitrogens is 1. The van der Waals surface area contributed by atoms with Gasteiger partial charge < -0.3 is 19.8 Å². The highest BCUT2D eigenvalue weighted by atomic mass is 16.5. The summed E-state index contributed by atoms with van der Waals surface area (Å²) >= 11 is 0. The minimum atomic E-state index is 0.0465. The van der Waals surface area contributed by atoms with Gasteiger partial charge in [-0.1, -0.05) is 30.3 Å². The summed E-state index contributed by atoms with van der Waals surface area (Å²) in [4.78, 5) is 18.0. The van der Waals surface area contributed by atoms with Crippen molar-refractivity contribution in [3.63, 3.8) is 0 Å². The molecule has 1 atom stereocenters. The Morgan fingerprint density at radius 3 is 2.69 bits per heavy atom. The van der Waals surface area contributed by atoms with Crippen molar-refractivity contribution in [2.24, 2.45) is 0 Å². The number of nitrogens with zero attached hydrogens (tertiary/aromatic N) is 1. The van der Waals surface area contributed by atoms with Gasteiger partial charge >= 0.3 is 0 Å². The Morgan fingerprint density at radius 1 is 1.17 bits per heavy atom. The van der Waals surface area contributed by atoms with Crippen molar-refractivity contribution in [1.82, 2.24) is 15.2 Å². The van der Waals surface area contributed by atoms with Crippen LogP contribution in [0.25, 0.3) is 10.9 Å². The van der Waals surface area contributed by atoms with Crippen molar-refractivity contribution in [1.29, 1.82) is 0 Å². The van der Waals surface area contributed by atoms with Crippen molar-refractivity contribution < 1.29 is 14.3 Å². The smallest absolute Gasteiger partial charge is 0.234 e. The number of aromatic amines is 1. The summed E-state index contributed by atoms with van der Waals surface area (Å²) in [5.74, 6) is 0.915. The van der Waals surface area contributed by atoms with E-state index in [9.17, 15) is 4.79 Å². The third-order valence-corrected chi connectivity index (χ3v) is 5.49. The molecule has 1 amide bonds. The molecule has 0 unspecified atom stereocenters. The number of ether oxygens (including phenoxy) is 2. The molecule has 0 bridgehead atoms. The lowest BCUT2D eigenvalue weighted by Gasteiger charge is -2.26. The third-order valence-electron chi connectivity index (χ3n) is 5.49. The summed E-state index contributed by atoms with van der Waals surface area (Å²) in [7, 11) is 1.66. The molecule has 0 saturated carbocycles. The van der Waals surface area contributed by atoms with E-state index >= 15 is 0 Å². The van der Waals surface area contributed by atoms with Crippen LogP contribution in [0.15, 0.2) is 54.7 Å². The molecule has 2 heterocycles. The molecule has 1 aliphatic heterocycles. The lowest BCUT2D eigenvalue weighted by Crippen LogP contribution is -2.43. The van der Waals surface area contributed by atoms with Crippen molar-refractivity contribution >= 4 is 16.8 Å². The molecule has 1 fully saturated rings. The summed E-state index contributed by atoms with van der Waals surface area (Å²) in [5.41, 5.74) is 3.42. The Labute approximate surface area is 170 Å². The normalized spacial score (nSPS) is 15.9. The molecule has 6 heteroatoms. The third kappa shape index (κ3) is 4.60. The molecule has 3 aromatic rings. The van der Waals surface area contributed by atoms with E-state index in [1.165, 1.54) is 10.9 Å². The van der Waals surface area contributed by atoms with Gasteiger partial charge in [0.05, 0.1) is 26.9 Å². The molecule has 1 saturated heterocycles. The zero-order valence-corrected chi connectivity index (χ0v) is 16.7. The van der Waals surface area contributed by atoms with Gasteiger partial charge in [-0.25, -0.2) is 0 Å². The van der Waals surface area contributed by atoms with Crippen molar-refractivity contribution in [3.05, 3.63) is 65.9 Å². The molecule has 1 aromatic heterocycles. The van der Waals surface area contributed by atoms with Gasteiger partial charge in [-0.3, -0.25) is 9.69 Å². The molecule has 0 spiro atoms. The molecule has 1 aliphatic rings. The first-order valence-electron chi connectivity index (χ1n) is 10.0. The van der Waals surface area contributed by atoms with Crippen LogP contribution in [0, 0.1) is 0 Å². The number of carbonyl (C=O) groups is 1. The van der Waals surface area contributed by atoms with Crippen LogP contribution in [0.1, 0.15) is 17.0 Å². The molecule has 2 N–H and O–H groups in total. The quantitative estimate of drug-likeness (QED) is 0.648. The number of carbonyl (C=O) groups excluding carboxylic acids is 1. The van der Waals surface area contributed by atoms with Crippen LogP contribution in [-0.2, 0) is 9.53 Å². The largest absolute Gasteiger partial charge is 0.497 e. The molecule has 4 rings (SSSR count). The van der Waals surface area contributed by atoms with Crippen molar-refractivity contribution in [2.75, 3.05) is 46.5 Å². The molecule has 29 heavy (non-hydrogen) atoms. The van der Waals surface area contributed by atoms with Crippen molar-refractivity contribution in [2.45, 2.75) is 5.92 Å². The van der Waals surface area contributed by atoms with Crippen LogP contribution in [0.2, 0.25) is 0 Å². The highest BCUT2D eigenvalue weighted by Gasteiger charge is 2.20. The van der Waals surface area contributed by atoms with Crippen LogP contribution in [0.4, 0.5) is 0 Å². The zero-order chi connectivity index (χ0) is 20.1. The Kier molecular flexibility index (Phi) is 6.12. The van der Waals surface area contributed by atoms with Gasteiger partial charge in [-0.2, -0.15) is 0 Å². The van der Waals surface area contributed by atoms with Gasteiger partial charge in [-0.15, -0.1) is 0 Å². The number of aromatic nitrogens is 1. The van der Waals surface area contributed by atoms with E-state index in [-0.39, 0.29) is 11.8 Å². The fourth-order valence-electron chi connectivity index (χ4n) is 3.86. The first-order chi connectivity index (χ1) is 14.2. The summed E-state index contributed by atoms with van der Waals surface area (Å²) in [5, 5.41) is 4.32. The van der Waals surface area contributed by atoms with E-state index in [2.05, 4.69) is 39.5 Å². The number of nitrogens with one attached hydrogen (secondary N) is 2. The van der Waals surface area contributed by atoms with E-state index in [1.54, 1.807) is 7.11 Å². The van der Waals surface area contributed by atoms with E-state index < -0.39 is 0 Å². The average molecular weight is 393 g/mol. The maximum Gasteiger partial charge on any atom is 0.234 e.